The normalized spacial score (nSPS) is 31.1. The van der Waals surface area contributed by atoms with Crippen molar-refractivity contribution in [1.82, 2.24) is 9.80 Å². The van der Waals surface area contributed by atoms with Crippen LogP contribution >= 0.6 is 11.6 Å². The standard InChI is InChI=1S/C30H46ClN3O2/c1-5-21(2)30(29(35)36)27(34(20-32-30)26-9-7-6-8-10-26)19-22-11-13-23(14-12-22)28(33(3)4)24-15-17-25(31)18-16-24/h15-18,20-23,26-28H,5-14,19H2,1-4H3,(H,35,36). The van der Waals surface area contributed by atoms with Crippen molar-refractivity contribution >= 4 is 23.9 Å². The molecule has 2 fully saturated rings. The molecule has 1 heterocycles. The Morgan fingerprint density at radius 1 is 1.11 bits per heavy atom. The number of nitrogens with zero attached hydrogens (tertiary/aromatic N) is 3. The summed E-state index contributed by atoms with van der Waals surface area (Å²) < 4.78 is 0. The molecule has 6 heteroatoms. The molecule has 1 N–H and O–H groups in total. The fourth-order valence-electron chi connectivity index (χ4n) is 7.47. The molecule has 0 saturated heterocycles. The van der Waals surface area contributed by atoms with Gasteiger partial charge < -0.3 is 14.9 Å². The van der Waals surface area contributed by atoms with Gasteiger partial charge in [-0.1, -0.05) is 76.1 Å². The van der Waals surface area contributed by atoms with Crippen molar-refractivity contribution in [1.29, 1.82) is 0 Å². The minimum atomic E-state index is -1.02. The Kier molecular flexibility index (Phi) is 9.04. The van der Waals surface area contributed by atoms with Crippen LogP contribution in [0.2, 0.25) is 5.02 Å². The first-order chi connectivity index (χ1) is 17.3. The topological polar surface area (TPSA) is 56.1 Å². The van der Waals surface area contributed by atoms with Crippen LogP contribution < -0.4 is 0 Å². The Labute approximate surface area is 223 Å². The zero-order chi connectivity index (χ0) is 25.9. The molecule has 0 amide bonds. The molecule has 1 aromatic rings. The van der Waals surface area contributed by atoms with Crippen molar-refractivity contribution < 1.29 is 9.90 Å². The molecule has 1 aromatic carbocycles. The lowest BCUT2D eigenvalue weighted by Gasteiger charge is -2.45. The third-order valence-electron chi connectivity index (χ3n) is 9.64. The molecule has 1 aliphatic heterocycles. The van der Waals surface area contributed by atoms with Gasteiger partial charge in [0.25, 0.3) is 0 Å². The molecule has 3 aliphatic rings. The zero-order valence-electron chi connectivity index (χ0n) is 22.7. The average molecular weight is 516 g/mol. The van der Waals surface area contributed by atoms with Crippen LogP contribution in [-0.4, -0.2) is 58.9 Å². The van der Waals surface area contributed by atoms with Crippen molar-refractivity contribution in [3.8, 4) is 0 Å². The molecule has 0 bridgehead atoms. The first-order valence-corrected chi connectivity index (χ1v) is 14.6. The summed E-state index contributed by atoms with van der Waals surface area (Å²) in [6, 6.07) is 9.13. The van der Waals surface area contributed by atoms with E-state index in [1.54, 1.807) is 0 Å². The zero-order valence-corrected chi connectivity index (χ0v) is 23.5. The van der Waals surface area contributed by atoms with Gasteiger partial charge in [-0.25, -0.2) is 4.79 Å². The summed E-state index contributed by atoms with van der Waals surface area (Å²) in [5.74, 6) is 0.435. The lowest BCUT2D eigenvalue weighted by molar-refractivity contribution is -0.147. The van der Waals surface area contributed by atoms with E-state index in [9.17, 15) is 9.90 Å². The molecule has 4 unspecified atom stereocenters. The fraction of sp³-hybridized carbons (Fsp3) is 0.733. The van der Waals surface area contributed by atoms with Crippen LogP contribution in [0.5, 0.6) is 0 Å². The van der Waals surface area contributed by atoms with Crippen LogP contribution in [-0.2, 0) is 4.79 Å². The number of halogens is 1. The van der Waals surface area contributed by atoms with E-state index in [0.29, 0.717) is 23.9 Å². The highest BCUT2D eigenvalue weighted by Gasteiger charge is 2.56. The second-order valence-corrected chi connectivity index (χ2v) is 12.4. The molecule has 200 valence electrons. The predicted molar refractivity (Wildman–Crippen MR) is 149 cm³/mol. The third kappa shape index (κ3) is 5.48. The van der Waals surface area contributed by atoms with Crippen molar-refractivity contribution in [2.45, 2.75) is 108 Å². The minimum Gasteiger partial charge on any atom is -0.479 e. The summed E-state index contributed by atoms with van der Waals surface area (Å²) in [6.45, 7) is 4.20. The molecule has 2 saturated carbocycles. The predicted octanol–water partition coefficient (Wildman–Crippen LogP) is 7.05. The number of benzene rings is 1. The van der Waals surface area contributed by atoms with E-state index in [2.05, 4.69) is 49.9 Å². The first kappa shape index (κ1) is 27.4. The number of carboxylic acids is 1. The van der Waals surface area contributed by atoms with Crippen molar-refractivity contribution in [2.75, 3.05) is 14.1 Å². The van der Waals surface area contributed by atoms with Crippen LogP contribution in [0.25, 0.3) is 0 Å². The molecule has 0 radical (unpaired) electrons. The Morgan fingerprint density at radius 2 is 1.75 bits per heavy atom. The summed E-state index contributed by atoms with van der Waals surface area (Å²) in [5, 5.41) is 11.3. The third-order valence-corrected chi connectivity index (χ3v) is 9.89. The summed E-state index contributed by atoms with van der Waals surface area (Å²) in [7, 11) is 4.35. The van der Waals surface area contributed by atoms with E-state index < -0.39 is 11.5 Å². The van der Waals surface area contributed by atoms with Crippen LogP contribution in [0.3, 0.4) is 0 Å². The number of rotatable bonds is 9. The maximum absolute atomic E-state index is 12.8. The molecule has 0 aromatic heterocycles. The van der Waals surface area contributed by atoms with Crippen molar-refractivity contribution in [3.05, 3.63) is 34.9 Å². The smallest absolute Gasteiger partial charge is 0.334 e. The van der Waals surface area contributed by atoms with Gasteiger partial charge in [0.05, 0.1) is 12.4 Å². The molecule has 5 nitrogen and oxygen atoms in total. The number of aliphatic carboxylic acids is 1. The summed E-state index contributed by atoms with van der Waals surface area (Å²) >= 11 is 6.16. The summed E-state index contributed by atoms with van der Waals surface area (Å²) in [4.78, 5) is 22.4. The Balaban J connectivity index is 1.49. The van der Waals surface area contributed by atoms with Gasteiger partial charge >= 0.3 is 5.97 Å². The van der Waals surface area contributed by atoms with Gasteiger partial charge in [-0.3, -0.25) is 4.99 Å². The van der Waals surface area contributed by atoms with Gasteiger partial charge in [-0.15, -0.1) is 0 Å². The molecular formula is C30H46ClN3O2. The van der Waals surface area contributed by atoms with Crippen molar-refractivity contribution in [2.24, 2.45) is 22.7 Å². The SMILES string of the molecule is CCC(C)C1(C(=O)O)N=CN(C2CCCCC2)C1CC1CCC(C(c2ccc(Cl)cc2)N(C)C)CC1. The molecule has 36 heavy (non-hydrogen) atoms. The minimum absolute atomic E-state index is 0.0178. The van der Waals surface area contributed by atoms with Crippen LogP contribution in [0, 0.1) is 17.8 Å². The van der Waals surface area contributed by atoms with E-state index in [1.807, 2.05) is 18.5 Å². The highest BCUT2D eigenvalue weighted by molar-refractivity contribution is 6.30. The number of hydrogen-bond acceptors (Lipinski definition) is 4. The number of carboxylic acid groups (broad SMARTS) is 1. The fourth-order valence-corrected chi connectivity index (χ4v) is 7.59. The first-order valence-electron chi connectivity index (χ1n) is 14.3. The van der Waals surface area contributed by atoms with E-state index in [0.717, 1.165) is 43.5 Å². The van der Waals surface area contributed by atoms with E-state index in [4.69, 9.17) is 16.6 Å². The highest BCUT2D eigenvalue weighted by atomic mass is 35.5. The van der Waals surface area contributed by atoms with E-state index in [-0.39, 0.29) is 12.0 Å². The van der Waals surface area contributed by atoms with Gasteiger partial charge in [0.2, 0.25) is 0 Å². The molecule has 0 spiro atoms. The largest absolute Gasteiger partial charge is 0.479 e. The molecule has 4 rings (SSSR count). The summed E-state index contributed by atoms with van der Waals surface area (Å²) in [6.07, 6.45) is 14.5. The maximum atomic E-state index is 12.8. The van der Waals surface area contributed by atoms with Crippen molar-refractivity contribution in [3.63, 3.8) is 0 Å². The monoisotopic (exact) mass is 515 g/mol. The lowest BCUT2D eigenvalue weighted by Crippen LogP contribution is -2.57. The molecule has 4 atom stereocenters. The Hall–Kier alpha value is -1.59. The Bertz CT molecular complexity index is 890. The average Bonchev–Trinajstić information content (AvgIpc) is 3.26. The van der Waals surface area contributed by atoms with Crippen LogP contribution in [0.4, 0.5) is 0 Å². The number of carbonyl (C=O) groups is 1. The quantitative estimate of drug-likeness (QED) is 0.382. The Morgan fingerprint density at radius 3 is 2.31 bits per heavy atom. The maximum Gasteiger partial charge on any atom is 0.334 e. The van der Waals surface area contributed by atoms with Gasteiger partial charge in [-0.05, 0) is 81.6 Å². The van der Waals surface area contributed by atoms with Crippen LogP contribution in [0.15, 0.2) is 29.3 Å². The summed E-state index contributed by atoms with van der Waals surface area (Å²) in [5.41, 5.74) is 0.320. The van der Waals surface area contributed by atoms with Gasteiger partial charge in [0.1, 0.15) is 0 Å². The van der Waals surface area contributed by atoms with Crippen LogP contribution in [0.1, 0.15) is 96.1 Å². The second-order valence-electron chi connectivity index (χ2n) is 11.9. The number of aliphatic imine (C=N–C) groups is 1. The van der Waals surface area contributed by atoms with E-state index in [1.165, 1.54) is 37.7 Å². The molecular weight excluding hydrogens is 470 g/mol. The van der Waals surface area contributed by atoms with Gasteiger partial charge in [0, 0.05) is 17.1 Å². The highest BCUT2D eigenvalue weighted by Crippen LogP contribution is 2.45. The van der Waals surface area contributed by atoms with Gasteiger partial charge in [0.15, 0.2) is 5.54 Å². The van der Waals surface area contributed by atoms with Gasteiger partial charge in [-0.2, -0.15) is 0 Å². The second kappa shape index (κ2) is 11.9. The van der Waals surface area contributed by atoms with E-state index >= 15 is 0 Å². The number of hydrogen-bond donors (Lipinski definition) is 1. The molecule has 2 aliphatic carbocycles. The lowest BCUT2D eigenvalue weighted by atomic mass is 9.70.